The molecule has 0 aliphatic heterocycles. The molecule has 6 heteroatoms. The molecule has 0 aliphatic carbocycles. The van der Waals surface area contributed by atoms with Gasteiger partial charge in [-0.1, -0.05) is 0 Å². The normalized spacial score (nSPS) is 10.7. The summed E-state index contributed by atoms with van der Waals surface area (Å²) in [5.41, 5.74) is 1.61. The van der Waals surface area contributed by atoms with E-state index >= 15 is 0 Å². The van der Waals surface area contributed by atoms with Crippen LogP contribution in [0.3, 0.4) is 0 Å². The summed E-state index contributed by atoms with van der Waals surface area (Å²) < 4.78 is 10.3. The Morgan fingerprint density at radius 1 is 1.23 bits per heavy atom. The number of hydrogen-bond donors (Lipinski definition) is 1. The zero-order valence-electron chi connectivity index (χ0n) is 12.0. The van der Waals surface area contributed by atoms with Crippen molar-refractivity contribution in [3.63, 3.8) is 0 Å². The summed E-state index contributed by atoms with van der Waals surface area (Å²) in [6, 6.07) is 9.97. The molecule has 0 saturated carbocycles. The van der Waals surface area contributed by atoms with Crippen molar-refractivity contribution in [2.45, 2.75) is 0 Å². The first kappa shape index (κ1) is 16.0. The third kappa shape index (κ3) is 3.65. The Balaban J connectivity index is 2.25. The van der Waals surface area contributed by atoms with E-state index in [2.05, 4.69) is 25.7 Å². The lowest BCUT2D eigenvalue weighted by molar-refractivity contribution is 0.0601. The fraction of sp³-hybridized carbons (Fsp3) is 0.125. The number of halogens is 1. The second-order valence-electron chi connectivity index (χ2n) is 4.34. The molecule has 0 amide bonds. The van der Waals surface area contributed by atoms with Crippen molar-refractivity contribution in [3.8, 4) is 11.5 Å². The molecule has 0 unspecified atom stereocenters. The fourth-order valence-electron chi connectivity index (χ4n) is 1.76. The lowest BCUT2D eigenvalue weighted by atomic mass is 10.2. The lowest BCUT2D eigenvalue weighted by Gasteiger charge is -2.06. The molecule has 0 fully saturated rings. The standard InChI is InChI=1S/C16H14BrNO4/c1-21-13-7-11(15(19)14(17)8-13)9-18-12-5-3-10(4-6-12)16(20)22-2/h3-9,19H,1-2H3/b18-9+. The zero-order valence-corrected chi connectivity index (χ0v) is 13.6. The second kappa shape index (κ2) is 7.09. The molecule has 1 N–H and O–H groups in total. The fourth-order valence-corrected chi connectivity index (χ4v) is 2.21. The van der Waals surface area contributed by atoms with Gasteiger partial charge in [0.05, 0.1) is 29.9 Å². The second-order valence-corrected chi connectivity index (χ2v) is 5.20. The van der Waals surface area contributed by atoms with Crippen molar-refractivity contribution >= 4 is 33.8 Å². The molecule has 0 aromatic heterocycles. The number of phenols is 1. The van der Waals surface area contributed by atoms with E-state index in [-0.39, 0.29) is 5.75 Å². The van der Waals surface area contributed by atoms with E-state index in [9.17, 15) is 9.90 Å². The number of methoxy groups -OCH3 is 2. The first-order valence-electron chi connectivity index (χ1n) is 6.34. The van der Waals surface area contributed by atoms with E-state index in [0.29, 0.717) is 27.0 Å². The number of benzene rings is 2. The van der Waals surface area contributed by atoms with Gasteiger partial charge in [0.25, 0.3) is 0 Å². The molecule has 0 saturated heterocycles. The van der Waals surface area contributed by atoms with Gasteiger partial charge in [-0.25, -0.2) is 4.79 Å². The van der Waals surface area contributed by atoms with Gasteiger partial charge in [0.15, 0.2) is 0 Å². The third-order valence-electron chi connectivity index (χ3n) is 2.94. The van der Waals surface area contributed by atoms with Crippen molar-refractivity contribution in [1.29, 1.82) is 0 Å². The molecule has 0 spiro atoms. The Kier molecular flexibility index (Phi) is 5.16. The molecule has 0 heterocycles. The highest BCUT2D eigenvalue weighted by atomic mass is 79.9. The molecule has 0 atom stereocenters. The number of nitrogens with zero attached hydrogens (tertiary/aromatic N) is 1. The molecule has 2 aromatic rings. The molecule has 114 valence electrons. The van der Waals surface area contributed by atoms with Gasteiger partial charge in [-0.15, -0.1) is 0 Å². The van der Waals surface area contributed by atoms with Crippen LogP contribution in [0.5, 0.6) is 11.5 Å². The molecule has 2 aromatic carbocycles. The van der Waals surface area contributed by atoms with E-state index in [4.69, 9.17) is 4.74 Å². The van der Waals surface area contributed by atoms with Crippen molar-refractivity contribution in [1.82, 2.24) is 0 Å². The van der Waals surface area contributed by atoms with E-state index < -0.39 is 5.97 Å². The predicted molar refractivity (Wildman–Crippen MR) is 87.4 cm³/mol. The Hall–Kier alpha value is -2.34. The number of phenolic OH excluding ortho intramolecular Hbond substituents is 1. The van der Waals surface area contributed by atoms with Crippen LogP contribution in [0.25, 0.3) is 0 Å². The van der Waals surface area contributed by atoms with Gasteiger partial charge >= 0.3 is 5.97 Å². The third-order valence-corrected chi connectivity index (χ3v) is 3.55. The highest BCUT2D eigenvalue weighted by molar-refractivity contribution is 9.10. The molecule has 0 aliphatic rings. The van der Waals surface area contributed by atoms with Crippen LogP contribution in [0.2, 0.25) is 0 Å². The quantitative estimate of drug-likeness (QED) is 0.664. The summed E-state index contributed by atoms with van der Waals surface area (Å²) in [5.74, 6) is 0.285. The molecule has 0 radical (unpaired) electrons. The Morgan fingerprint density at radius 2 is 1.91 bits per heavy atom. The maximum atomic E-state index is 11.3. The van der Waals surface area contributed by atoms with Gasteiger partial charge in [0.1, 0.15) is 11.5 Å². The summed E-state index contributed by atoms with van der Waals surface area (Å²) in [4.78, 5) is 15.6. The van der Waals surface area contributed by atoms with Crippen LogP contribution in [0.1, 0.15) is 15.9 Å². The van der Waals surface area contributed by atoms with Crippen LogP contribution in [0.15, 0.2) is 45.9 Å². The van der Waals surface area contributed by atoms with Gasteiger partial charge in [0.2, 0.25) is 0 Å². The summed E-state index contributed by atoms with van der Waals surface area (Å²) >= 11 is 3.25. The van der Waals surface area contributed by atoms with E-state index in [1.807, 2.05) is 0 Å². The van der Waals surface area contributed by atoms with Crippen molar-refractivity contribution in [3.05, 3.63) is 52.0 Å². The van der Waals surface area contributed by atoms with Crippen LogP contribution in [0.4, 0.5) is 5.69 Å². The Bertz CT molecular complexity index is 711. The number of ether oxygens (including phenoxy) is 2. The van der Waals surface area contributed by atoms with E-state index in [1.165, 1.54) is 13.3 Å². The van der Waals surface area contributed by atoms with Crippen LogP contribution in [0, 0.1) is 0 Å². The SMILES string of the molecule is COC(=O)c1ccc(/N=C/c2cc(OC)cc(Br)c2O)cc1. The number of aliphatic imine (C=N–C) groups is 1. The van der Waals surface area contributed by atoms with Gasteiger partial charge in [-0.3, -0.25) is 4.99 Å². The van der Waals surface area contributed by atoms with Gasteiger partial charge < -0.3 is 14.6 Å². The first-order valence-corrected chi connectivity index (χ1v) is 7.13. The number of aromatic hydroxyl groups is 1. The molecule has 2 rings (SSSR count). The minimum Gasteiger partial charge on any atom is -0.506 e. The number of carbonyl (C=O) groups excluding carboxylic acids is 1. The van der Waals surface area contributed by atoms with Gasteiger partial charge in [0, 0.05) is 11.8 Å². The summed E-state index contributed by atoms with van der Waals surface area (Å²) in [6.45, 7) is 0. The van der Waals surface area contributed by atoms with Crippen molar-refractivity contribution in [2.75, 3.05) is 14.2 Å². The molecular formula is C16H14BrNO4. The highest BCUT2D eigenvalue weighted by Gasteiger charge is 2.07. The van der Waals surface area contributed by atoms with Crippen LogP contribution >= 0.6 is 15.9 Å². The highest BCUT2D eigenvalue weighted by Crippen LogP contribution is 2.32. The minimum atomic E-state index is -0.398. The number of carbonyl (C=O) groups is 1. The number of hydrogen-bond acceptors (Lipinski definition) is 5. The topological polar surface area (TPSA) is 68.1 Å². The largest absolute Gasteiger partial charge is 0.506 e. The first-order chi connectivity index (χ1) is 10.5. The van der Waals surface area contributed by atoms with Crippen LogP contribution in [-0.2, 0) is 4.74 Å². The van der Waals surface area contributed by atoms with Crippen LogP contribution < -0.4 is 4.74 Å². The lowest BCUT2D eigenvalue weighted by Crippen LogP contribution is -1.99. The van der Waals surface area contributed by atoms with Crippen LogP contribution in [-0.4, -0.2) is 31.5 Å². The number of esters is 1. The average Bonchev–Trinajstić information content (AvgIpc) is 2.55. The minimum absolute atomic E-state index is 0.0794. The molecule has 22 heavy (non-hydrogen) atoms. The maximum Gasteiger partial charge on any atom is 0.337 e. The molecule has 5 nitrogen and oxygen atoms in total. The molecule has 0 bridgehead atoms. The monoisotopic (exact) mass is 363 g/mol. The van der Waals surface area contributed by atoms with E-state index in [1.54, 1.807) is 43.5 Å². The summed E-state index contributed by atoms with van der Waals surface area (Å²) in [7, 11) is 2.88. The predicted octanol–water partition coefficient (Wildman–Crippen LogP) is 3.70. The van der Waals surface area contributed by atoms with Gasteiger partial charge in [-0.2, -0.15) is 0 Å². The smallest absolute Gasteiger partial charge is 0.337 e. The maximum absolute atomic E-state index is 11.3. The Labute approximate surface area is 136 Å². The zero-order chi connectivity index (χ0) is 16.1. The Morgan fingerprint density at radius 3 is 2.50 bits per heavy atom. The van der Waals surface area contributed by atoms with E-state index in [0.717, 1.165) is 0 Å². The summed E-state index contributed by atoms with van der Waals surface area (Å²) in [5, 5.41) is 9.99. The van der Waals surface area contributed by atoms with Gasteiger partial charge in [-0.05, 0) is 52.3 Å². The van der Waals surface area contributed by atoms with Crippen molar-refractivity contribution in [2.24, 2.45) is 4.99 Å². The van der Waals surface area contributed by atoms with Crippen molar-refractivity contribution < 1.29 is 19.4 Å². The molecular weight excluding hydrogens is 350 g/mol. The summed E-state index contributed by atoms with van der Waals surface area (Å²) in [6.07, 6.45) is 1.52. The number of rotatable bonds is 4. The average molecular weight is 364 g/mol.